The van der Waals surface area contributed by atoms with E-state index in [9.17, 15) is 0 Å². The van der Waals surface area contributed by atoms with Crippen molar-refractivity contribution in [2.45, 2.75) is 13.8 Å². The molecule has 0 atom stereocenters. The Balaban J connectivity index is 1.75. The van der Waals surface area contributed by atoms with Gasteiger partial charge in [0.15, 0.2) is 5.82 Å². The lowest BCUT2D eigenvalue weighted by Crippen LogP contribution is -2.02. The highest BCUT2D eigenvalue weighted by atomic mass is 16.5. The third-order valence-corrected chi connectivity index (χ3v) is 3.40. The smallest absolute Gasteiger partial charge is 0.249 e. The molecule has 0 aliphatic carbocycles. The van der Waals surface area contributed by atoms with Gasteiger partial charge in [0, 0.05) is 11.4 Å². The van der Waals surface area contributed by atoms with Crippen LogP contribution in [0.25, 0.3) is 0 Å². The highest BCUT2D eigenvalue weighted by Gasteiger charge is 2.03. The number of hydrogen-bond donors (Lipinski definition) is 2. The van der Waals surface area contributed by atoms with E-state index in [0.29, 0.717) is 11.8 Å². The molecule has 6 nitrogen and oxygen atoms in total. The van der Waals surface area contributed by atoms with Gasteiger partial charge in [0.1, 0.15) is 5.75 Å². The van der Waals surface area contributed by atoms with Crippen molar-refractivity contribution in [3.63, 3.8) is 0 Å². The van der Waals surface area contributed by atoms with E-state index in [0.717, 1.165) is 17.1 Å². The Morgan fingerprint density at radius 3 is 2.25 bits per heavy atom. The summed E-state index contributed by atoms with van der Waals surface area (Å²) in [4.78, 5) is 4.44. The number of ether oxygens (including phenoxy) is 1. The van der Waals surface area contributed by atoms with E-state index in [4.69, 9.17) is 4.74 Å². The number of nitrogens with one attached hydrogen (secondary N) is 2. The molecule has 122 valence electrons. The summed E-state index contributed by atoms with van der Waals surface area (Å²) in [6, 6.07) is 13.8. The molecule has 0 bridgehead atoms. The zero-order valence-corrected chi connectivity index (χ0v) is 13.9. The second-order valence-corrected chi connectivity index (χ2v) is 5.52. The molecule has 3 rings (SSSR count). The predicted molar refractivity (Wildman–Crippen MR) is 95.3 cm³/mol. The Kier molecular flexibility index (Phi) is 4.56. The maximum atomic E-state index is 5.14. The van der Waals surface area contributed by atoms with E-state index in [1.165, 1.54) is 11.1 Å². The number of rotatable bonds is 5. The van der Waals surface area contributed by atoms with E-state index in [2.05, 4.69) is 57.9 Å². The van der Waals surface area contributed by atoms with Crippen molar-refractivity contribution in [2.24, 2.45) is 0 Å². The van der Waals surface area contributed by atoms with E-state index >= 15 is 0 Å². The van der Waals surface area contributed by atoms with Gasteiger partial charge in [-0.1, -0.05) is 6.07 Å². The van der Waals surface area contributed by atoms with Crippen LogP contribution < -0.4 is 15.4 Å². The molecule has 6 heteroatoms. The zero-order valence-electron chi connectivity index (χ0n) is 13.9. The Morgan fingerprint density at radius 1 is 0.875 bits per heavy atom. The first-order valence-electron chi connectivity index (χ1n) is 7.58. The average Bonchev–Trinajstić information content (AvgIpc) is 2.55. The molecule has 0 unspecified atom stereocenters. The number of benzene rings is 2. The maximum Gasteiger partial charge on any atom is 0.249 e. The number of nitrogens with zero attached hydrogens (tertiary/aromatic N) is 3. The molecule has 0 saturated heterocycles. The average molecular weight is 321 g/mol. The summed E-state index contributed by atoms with van der Waals surface area (Å²) in [7, 11) is 1.64. The zero-order chi connectivity index (χ0) is 16.9. The molecule has 0 radical (unpaired) electrons. The molecular weight excluding hydrogens is 302 g/mol. The lowest BCUT2D eigenvalue weighted by atomic mass is 10.1. The number of aryl methyl sites for hydroxylation is 2. The molecule has 3 aromatic rings. The molecule has 0 saturated carbocycles. The Morgan fingerprint density at radius 2 is 1.58 bits per heavy atom. The summed E-state index contributed by atoms with van der Waals surface area (Å²) in [5.74, 6) is 1.85. The second kappa shape index (κ2) is 6.95. The lowest BCUT2D eigenvalue weighted by Gasteiger charge is -2.09. The standard InChI is InChI=1S/C18H19N5O/c1-12-8-13(2)10-15(9-12)20-17-11-19-23-18(22-17)21-14-4-6-16(24-3)7-5-14/h4-11H,1-3H3,(H2,20,21,22,23). The van der Waals surface area contributed by atoms with Crippen LogP contribution in [-0.2, 0) is 0 Å². The van der Waals surface area contributed by atoms with Crippen molar-refractivity contribution in [2.75, 3.05) is 17.7 Å². The monoisotopic (exact) mass is 321 g/mol. The van der Waals surface area contributed by atoms with Gasteiger partial charge in [-0.25, -0.2) is 0 Å². The normalized spacial score (nSPS) is 10.3. The van der Waals surface area contributed by atoms with Gasteiger partial charge in [-0.3, -0.25) is 0 Å². The second-order valence-electron chi connectivity index (χ2n) is 5.52. The first kappa shape index (κ1) is 15.7. The molecular formula is C18H19N5O. The topological polar surface area (TPSA) is 72.0 Å². The van der Waals surface area contributed by atoms with Gasteiger partial charge in [-0.05, 0) is 61.4 Å². The van der Waals surface area contributed by atoms with Crippen molar-refractivity contribution < 1.29 is 4.74 Å². The van der Waals surface area contributed by atoms with Crippen LogP contribution in [0.5, 0.6) is 5.75 Å². The van der Waals surface area contributed by atoms with E-state index < -0.39 is 0 Å². The van der Waals surface area contributed by atoms with Gasteiger partial charge < -0.3 is 15.4 Å². The van der Waals surface area contributed by atoms with Crippen LogP contribution in [-0.4, -0.2) is 22.3 Å². The van der Waals surface area contributed by atoms with Crippen LogP contribution in [0.2, 0.25) is 0 Å². The summed E-state index contributed by atoms with van der Waals surface area (Å²) in [6.45, 7) is 4.13. The fourth-order valence-electron chi connectivity index (χ4n) is 2.41. The molecule has 1 aromatic heterocycles. The van der Waals surface area contributed by atoms with Crippen LogP contribution in [0.4, 0.5) is 23.1 Å². The number of hydrogen-bond acceptors (Lipinski definition) is 6. The van der Waals surface area contributed by atoms with E-state index in [-0.39, 0.29) is 0 Å². The summed E-state index contributed by atoms with van der Waals surface area (Å²) in [6.07, 6.45) is 1.59. The van der Waals surface area contributed by atoms with Crippen molar-refractivity contribution in [3.8, 4) is 5.75 Å². The van der Waals surface area contributed by atoms with Gasteiger partial charge in [0.05, 0.1) is 13.3 Å². The minimum atomic E-state index is 0.426. The van der Waals surface area contributed by atoms with Gasteiger partial charge in [-0.15, -0.1) is 5.10 Å². The van der Waals surface area contributed by atoms with Crippen molar-refractivity contribution >= 4 is 23.1 Å². The first-order chi connectivity index (χ1) is 11.6. The maximum absolute atomic E-state index is 5.14. The summed E-state index contributed by atoms with van der Waals surface area (Å²) < 4.78 is 5.14. The van der Waals surface area contributed by atoms with Crippen molar-refractivity contribution in [1.29, 1.82) is 0 Å². The fourth-order valence-corrected chi connectivity index (χ4v) is 2.41. The Hall–Kier alpha value is -3.15. The molecule has 0 aliphatic heterocycles. The van der Waals surface area contributed by atoms with Crippen LogP contribution in [0, 0.1) is 13.8 Å². The van der Waals surface area contributed by atoms with Crippen LogP contribution >= 0.6 is 0 Å². The van der Waals surface area contributed by atoms with E-state index in [1.54, 1.807) is 13.3 Å². The predicted octanol–water partition coefficient (Wildman–Crippen LogP) is 3.98. The number of anilines is 4. The third-order valence-electron chi connectivity index (χ3n) is 3.40. The molecule has 1 heterocycles. The molecule has 0 fully saturated rings. The summed E-state index contributed by atoms with van der Waals surface area (Å²) in [5, 5.41) is 14.4. The number of aromatic nitrogens is 3. The van der Waals surface area contributed by atoms with Crippen LogP contribution in [0.15, 0.2) is 48.7 Å². The molecule has 2 aromatic carbocycles. The van der Waals surface area contributed by atoms with Crippen LogP contribution in [0.1, 0.15) is 11.1 Å². The largest absolute Gasteiger partial charge is 0.497 e. The Bertz CT molecular complexity index is 813. The van der Waals surface area contributed by atoms with Gasteiger partial charge in [0.25, 0.3) is 0 Å². The number of methoxy groups -OCH3 is 1. The SMILES string of the molecule is COc1ccc(Nc2nncc(Nc3cc(C)cc(C)c3)n2)cc1. The first-order valence-corrected chi connectivity index (χ1v) is 7.58. The molecule has 0 spiro atoms. The minimum Gasteiger partial charge on any atom is -0.497 e. The minimum absolute atomic E-state index is 0.426. The summed E-state index contributed by atoms with van der Waals surface area (Å²) in [5.41, 5.74) is 4.22. The van der Waals surface area contributed by atoms with E-state index in [1.807, 2.05) is 24.3 Å². The fraction of sp³-hybridized carbons (Fsp3) is 0.167. The van der Waals surface area contributed by atoms with Gasteiger partial charge in [0.2, 0.25) is 5.95 Å². The third kappa shape index (κ3) is 3.98. The van der Waals surface area contributed by atoms with Gasteiger partial charge in [-0.2, -0.15) is 10.1 Å². The highest BCUT2D eigenvalue weighted by Crippen LogP contribution is 2.20. The van der Waals surface area contributed by atoms with Gasteiger partial charge >= 0.3 is 0 Å². The molecule has 24 heavy (non-hydrogen) atoms. The summed E-state index contributed by atoms with van der Waals surface area (Å²) >= 11 is 0. The van der Waals surface area contributed by atoms with Crippen molar-refractivity contribution in [1.82, 2.24) is 15.2 Å². The van der Waals surface area contributed by atoms with Crippen molar-refractivity contribution in [3.05, 3.63) is 59.8 Å². The molecule has 2 N–H and O–H groups in total. The Labute approximate surface area is 140 Å². The van der Waals surface area contributed by atoms with Crippen LogP contribution in [0.3, 0.4) is 0 Å². The highest BCUT2D eigenvalue weighted by molar-refractivity contribution is 5.60. The quantitative estimate of drug-likeness (QED) is 0.740. The molecule has 0 aliphatic rings. The lowest BCUT2D eigenvalue weighted by molar-refractivity contribution is 0.415. The molecule has 0 amide bonds.